The Morgan fingerprint density at radius 2 is 1.93 bits per heavy atom. The van der Waals surface area contributed by atoms with Crippen LogP contribution in [0.4, 0.5) is 4.39 Å². The molecule has 0 fully saturated rings. The van der Waals surface area contributed by atoms with E-state index in [1.54, 1.807) is 30.2 Å². The summed E-state index contributed by atoms with van der Waals surface area (Å²) in [6.45, 7) is 5.39. The second-order valence-corrected chi connectivity index (χ2v) is 6.85. The molecule has 1 amide bonds. The number of methoxy groups -OCH3 is 1. The molecule has 0 saturated carbocycles. The highest BCUT2D eigenvalue weighted by molar-refractivity contribution is 5.78. The monoisotopic (exact) mass is 392 g/mol. The molecule has 3 aromatic rings. The summed E-state index contributed by atoms with van der Waals surface area (Å²) in [4.78, 5) is 14.6. The van der Waals surface area contributed by atoms with Crippen LogP contribution in [0.15, 0.2) is 79.5 Å². The fourth-order valence-corrected chi connectivity index (χ4v) is 3.21. The van der Waals surface area contributed by atoms with Gasteiger partial charge >= 0.3 is 0 Å². The number of carbonyl (C=O) groups is 1. The van der Waals surface area contributed by atoms with Gasteiger partial charge < -0.3 is 14.2 Å². The van der Waals surface area contributed by atoms with Crippen molar-refractivity contribution in [3.63, 3.8) is 0 Å². The Morgan fingerprint density at radius 1 is 1.14 bits per heavy atom. The molecule has 29 heavy (non-hydrogen) atoms. The molecule has 4 nitrogen and oxygen atoms in total. The van der Waals surface area contributed by atoms with E-state index in [9.17, 15) is 9.18 Å². The quantitative estimate of drug-likeness (QED) is 0.505. The first-order chi connectivity index (χ1) is 14.1. The molecule has 5 heteroatoms. The summed E-state index contributed by atoms with van der Waals surface area (Å²) in [7, 11) is 1.65. The lowest BCUT2D eigenvalue weighted by molar-refractivity contribution is -0.130. The molecule has 150 valence electrons. The van der Waals surface area contributed by atoms with Gasteiger partial charge in [-0.3, -0.25) is 4.79 Å². The standard InChI is InChI=1S/C24H25FN2O2/c1-3-13-27(24(28)16-19-9-11-21(25)12-10-19)18-22-7-5-14-26(22)17-20-6-4-8-23(15-20)29-2/h3-12,14-15H,1,13,16-18H2,2H3. The normalized spacial score (nSPS) is 10.6. The van der Waals surface area contributed by atoms with Crippen LogP contribution in [0.25, 0.3) is 0 Å². The van der Waals surface area contributed by atoms with Crippen molar-refractivity contribution in [3.8, 4) is 5.75 Å². The Balaban J connectivity index is 1.72. The van der Waals surface area contributed by atoms with Gasteiger partial charge in [-0.1, -0.05) is 30.3 Å². The molecule has 0 aliphatic heterocycles. The first-order valence-corrected chi connectivity index (χ1v) is 9.49. The molecule has 3 rings (SSSR count). The van der Waals surface area contributed by atoms with E-state index in [1.807, 2.05) is 42.6 Å². The summed E-state index contributed by atoms with van der Waals surface area (Å²) in [5.74, 6) is 0.490. The number of ether oxygens (including phenoxy) is 1. The summed E-state index contributed by atoms with van der Waals surface area (Å²) in [5, 5.41) is 0. The topological polar surface area (TPSA) is 34.5 Å². The van der Waals surface area contributed by atoms with Gasteiger partial charge in [0.15, 0.2) is 0 Å². The van der Waals surface area contributed by atoms with E-state index in [2.05, 4.69) is 11.1 Å². The average molecular weight is 392 g/mol. The number of hydrogen-bond donors (Lipinski definition) is 0. The third kappa shape index (κ3) is 5.57. The molecule has 0 N–H and O–H groups in total. The first kappa shape index (κ1) is 20.4. The number of aromatic nitrogens is 1. The third-order valence-electron chi connectivity index (χ3n) is 4.73. The summed E-state index contributed by atoms with van der Waals surface area (Å²) < 4.78 is 20.5. The molecule has 0 radical (unpaired) electrons. The van der Waals surface area contributed by atoms with Crippen molar-refractivity contribution in [1.82, 2.24) is 9.47 Å². The zero-order chi connectivity index (χ0) is 20.6. The van der Waals surface area contributed by atoms with Crippen LogP contribution in [0.1, 0.15) is 16.8 Å². The predicted octanol–water partition coefficient (Wildman–Crippen LogP) is 4.44. The molecular weight excluding hydrogens is 367 g/mol. The van der Waals surface area contributed by atoms with E-state index in [1.165, 1.54) is 12.1 Å². The average Bonchev–Trinajstić information content (AvgIpc) is 3.16. The van der Waals surface area contributed by atoms with Crippen LogP contribution in [0.3, 0.4) is 0 Å². The summed E-state index contributed by atoms with van der Waals surface area (Å²) in [5.41, 5.74) is 2.94. The minimum absolute atomic E-state index is 0.0226. The lowest BCUT2D eigenvalue weighted by Crippen LogP contribution is -2.32. The van der Waals surface area contributed by atoms with Gasteiger partial charge in [0.1, 0.15) is 11.6 Å². The van der Waals surface area contributed by atoms with Crippen LogP contribution < -0.4 is 4.74 Å². The van der Waals surface area contributed by atoms with Gasteiger partial charge in [0, 0.05) is 25.0 Å². The van der Waals surface area contributed by atoms with Crippen molar-refractivity contribution in [2.75, 3.05) is 13.7 Å². The van der Waals surface area contributed by atoms with Crippen LogP contribution in [0.5, 0.6) is 5.75 Å². The Kier molecular flexibility index (Phi) is 6.85. The van der Waals surface area contributed by atoms with Crippen molar-refractivity contribution in [1.29, 1.82) is 0 Å². The molecule has 0 spiro atoms. The number of rotatable bonds is 9. The van der Waals surface area contributed by atoms with Gasteiger partial charge in [-0.05, 0) is 47.5 Å². The van der Waals surface area contributed by atoms with Crippen LogP contribution in [-0.4, -0.2) is 29.0 Å². The van der Waals surface area contributed by atoms with Gasteiger partial charge in [-0.2, -0.15) is 0 Å². The van der Waals surface area contributed by atoms with E-state index in [4.69, 9.17) is 4.74 Å². The molecule has 0 atom stereocenters. The molecular formula is C24H25FN2O2. The lowest BCUT2D eigenvalue weighted by atomic mass is 10.1. The van der Waals surface area contributed by atoms with Crippen LogP contribution in [0, 0.1) is 5.82 Å². The first-order valence-electron chi connectivity index (χ1n) is 9.49. The maximum atomic E-state index is 13.1. The maximum absolute atomic E-state index is 13.1. The number of hydrogen-bond acceptors (Lipinski definition) is 2. The van der Waals surface area contributed by atoms with Gasteiger partial charge in [0.2, 0.25) is 5.91 Å². The van der Waals surface area contributed by atoms with Crippen LogP contribution >= 0.6 is 0 Å². The summed E-state index contributed by atoms with van der Waals surface area (Å²) in [6, 6.07) is 18.0. The Labute approximate surface area is 170 Å². The molecule has 1 heterocycles. The Hall–Kier alpha value is -3.34. The van der Waals surface area contributed by atoms with Gasteiger partial charge in [-0.15, -0.1) is 6.58 Å². The molecule has 1 aromatic heterocycles. The summed E-state index contributed by atoms with van der Waals surface area (Å²) in [6.07, 6.45) is 3.95. The van der Waals surface area contributed by atoms with E-state index >= 15 is 0 Å². The fourth-order valence-electron chi connectivity index (χ4n) is 3.21. The third-order valence-corrected chi connectivity index (χ3v) is 4.73. The zero-order valence-electron chi connectivity index (χ0n) is 16.6. The molecule has 0 saturated heterocycles. The SMILES string of the molecule is C=CCN(Cc1cccn1Cc1cccc(OC)c1)C(=O)Cc1ccc(F)cc1. The van der Waals surface area contributed by atoms with Crippen molar-refractivity contribution in [2.24, 2.45) is 0 Å². The largest absolute Gasteiger partial charge is 0.497 e. The predicted molar refractivity (Wildman–Crippen MR) is 112 cm³/mol. The minimum atomic E-state index is -0.306. The number of benzene rings is 2. The van der Waals surface area contributed by atoms with E-state index in [0.29, 0.717) is 19.6 Å². The van der Waals surface area contributed by atoms with Gasteiger partial charge in [-0.25, -0.2) is 4.39 Å². The highest BCUT2D eigenvalue weighted by Crippen LogP contribution is 2.16. The highest BCUT2D eigenvalue weighted by atomic mass is 19.1. The number of halogens is 1. The lowest BCUT2D eigenvalue weighted by Gasteiger charge is -2.22. The Bertz CT molecular complexity index is 963. The van der Waals surface area contributed by atoms with E-state index < -0.39 is 0 Å². The zero-order valence-corrected chi connectivity index (χ0v) is 16.6. The van der Waals surface area contributed by atoms with Gasteiger partial charge in [0.05, 0.1) is 20.1 Å². The molecule has 0 aliphatic carbocycles. The number of amides is 1. The molecule has 0 aliphatic rings. The molecule has 0 unspecified atom stereocenters. The molecule has 0 bridgehead atoms. The molecule has 2 aromatic carbocycles. The van der Waals surface area contributed by atoms with Crippen LogP contribution in [0.2, 0.25) is 0 Å². The highest BCUT2D eigenvalue weighted by Gasteiger charge is 2.15. The van der Waals surface area contributed by atoms with E-state index in [0.717, 1.165) is 22.6 Å². The Morgan fingerprint density at radius 3 is 2.66 bits per heavy atom. The summed E-state index contributed by atoms with van der Waals surface area (Å²) >= 11 is 0. The minimum Gasteiger partial charge on any atom is -0.497 e. The maximum Gasteiger partial charge on any atom is 0.227 e. The van der Waals surface area contributed by atoms with Gasteiger partial charge in [0.25, 0.3) is 0 Å². The van der Waals surface area contributed by atoms with E-state index in [-0.39, 0.29) is 18.1 Å². The number of nitrogens with zero attached hydrogens (tertiary/aromatic N) is 2. The number of carbonyl (C=O) groups excluding carboxylic acids is 1. The van der Waals surface area contributed by atoms with Crippen molar-refractivity contribution in [3.05, 3.63) is 102 Å². The fraction of sp³-hybridized carbons (Fsp3) is 0.208. The smallest absolute Gasteiger partial charge is 0.227 e. The van der Waals surface area contributed by atoms with Crippen molar-refractivity contribution >= 4 is 5.91 Å². The van der Waals surface area contributed by atoms with Crippen molar-refractivity contribution in [2.45, 2.75) is 19.5 Å². The van der Waals surface area contributed by atoms with Crippen molar-refractivity contribution < 1.29 is 13.9 Å². The second kappa shape index (κ2) is 9.73. The second-order valence-electron chi connectivity index (χ2n) is 6.85. The van der Waals surface area contributed by atoms with Crippen LogP contribution in [-0.2, 0) is 24.3 Å².